The van der Waals surface area contributed by atoms with Gasteiger partial charge in [-0.15, -0.1) is 5.10 Å². The van der Waals surface area contributed by atoms with Crippen molar-refractivity contribution in [2.75, 3.05) is 6.54 Å². The summed E-state index contributed by atoms with van der Waals surface area (Å²) in [5.74, 6) is 0. The predicted octanol–water partition coefficient (Wildman–Crippen LogP) is -0.130. The molecule has 2 N–H and O–H groups in total. The molecular weight excluding hydrogens is 204 g/mol. The van der Waals surface area contributed by atoms with Gasteiger partial charge in [0, 0.05) is 19.7 Å². The summed E-state index contributed by atoms with van der Waals surface area (Å²) >= 11 is 0. The zero-order chi connectivity index (χ0) is 11.5. The van der Waals surface area contributed by atoms with Crippen molar-refractivity contribution in [3.05, 3.63) is 29.3 Å². The van der Waals surface area contributed by atoms with Crippen molar-refractivity contribution < 1.29 is 0 Å². The van der Waals surface area contributed by atoms with Crippen LogP contribution in [0.15, 0.2) is 12.3 Å². The Morgan fingerprint density at radius 3 is 2.88 bits per heavy atom. The first-order valence-corrected chi connectivity index (χ1v) is 5.27. The number of hydrogen-bond donors (Lipinski definition) is 1. The summed E-state index contributed by atoms with van der Waals surface area (Å²) in [5, 5.41) is 12.4. The lowest BCUT2D eigenvalue weighted by molar-refractivity contribution is 0.599. The first-order chi connectivity index (χ1) is 7.69. The van der Waals surface area contributed by atoms with E-state index in [1.807, 2.05) is 30.9 Å². The molecule has 6 heteroatoms. The van der Waals surface area contributed by atoms with Crippen molar-refractivity contribution in [3.63, 3.8) is 0 Å². The van der Waals surface area contributed by atoms with E-state index in [1.54, 1.807) is 4.68 Å². The minimum atomic E-state index is 0.601. The third-order valence-corrected chi connectivity index (χ3v) is 2.41. The van der Waals surface area contributed by atoms with E-state index < -0.39 is 0 Å². The molecule has 0 saturated heterocycles. The Morgan fingerprint density at radius 2 is 2.25 bits per heavy atom. The van der Waals surface area contributed by atoms with Gasteiger partial charge in [-0.05, 0) is 19.5 Å². The van der Waals surface area contributed by atoms with Crippen molar-refractivity contribution >= 4 is 0 Å². The fourth-order valence-corrected chi connectivity index (χ4v) is 1.66. The number of aromatic nitrogens is 5. The van der Waals surface area contributed by atoms with Gasteiger partial charge in [-0.1, -0.05) is 5.21 Å². The second-order valence-electron chi connectivity index (χ2n) is 3.85. The van der Waals surface area contributed by atoms with Gasteiger partial charge in [-0.3, -0.25) is 4.68 Å². The SMILES string of the molecule is Cc1cc(Cn2cc(CCN)nn2)n(C)n1. The Morgan fingerprint density at radius 1 is 1.44 bits per heavy atom. The van der Waals surface area contributed by atoms with E-state index in [2.05, 4.69) is 15.4 Å². The van der Waals surface area contributed by atoms with E-state index in [0.29, 0.717) is 13.1 Å². The molecule has 0 aliphatic rings. The summed E-state index contributed by atoms with van der Waals surface area (Å²) in [7, 11) is 1.93. The Hall–Kier alpha value is -1.69. The van der Waals surface area contributed by atoms with Crippen molar-refractivity contribution in [3.8, 4) is 0 Å². The fraction of sp³-hybridized carbons (Fsp3) is 0.500. The van der Waals surface area contributed by atoms with Crippen molar-refractivity contribution in [2.45, 2.75) is 19.9 Å². The molecule has 86 valence electrons. The molecule has 6 nitrogen and oxygen atoms in total. The molecule has 0 aromatic carbocycles. The highest BCUT2D eigenvalue weighted by Gasteiger charge is 2.05. The highest BCUT2D eigenvalue weighted by Crippen LogP contribution is 2.04. The standard InChI is InChI=1S/C10H16N6/c1-8-5-10(15(2)13-8)7-16-6-9(3-4-11)12-14-16/h5-6H,3-4,7,11H2,1-2H3. The van der Waals surface area contributed by atoms with Gasteiger partial charge in [0.2, 0.25) is 0 Å². The molecule has 2 aromatic rings. The van der Waals surface area contributed by atoms with Crippen LogP contribution >= 0.6 is 0 Å². The van der Waals surface area contributed by atoms with Crippen LogP contribution in [0.25, 0.3) is 0 Å². The largest absolute Gasteiger partial charge is 0.330 e. The zero-order valence-corrected chi connectivity index (χ0v) is 9.59. The topological polar surface area (TPSA) is 74.6 Å². The zero-order valence-electron chi connectivity index (χ0n) is 9.59. The summed E-state index contributed by atoms with van der Waals surface area (Å²) in [6.07, 6.45) is 2.69. The van der Waals surface area contributed by atoms with Crippen LogP contribution in [0.4, 0.5) is 0 Å². The molecule has 0 atom stereocenters. The minimum Gasteiger partial charge on any atom is -0.330 e. The van der Waals surface area contributed by atoms with Crippen LogP contribution in [-0.2, 0) is 20.0 Å². The normalized spacial score (nSPS) is 10.9. The fourth-order valence-electron chi connectivity index (χ4n) is 1.66. The summed E-state index contributed by atoms with van der Waals surface area (Å²) in [6.45, 7) is 3.27. The molecule has 16 heavy (non-hydrogen) atoms. The number of hydrogen-bond acceptors (Lipinski definition) is 4. The molecule has 2 heterocycles. The summed E-state index contributed by atoms with van der Waals surface area (Å²) in [4.78, 5) is 0. The quantitative estimate of drug-likeness (QED) is 0.779. The Balaban J connectivity index is 2.11. The lowest BCUT2D eigenvalue weighted by atomic mass is 10.3. The Labute approximate surface area is 94.1 Å². The van der Waals surface area contributed by atoms with E-state index in [0.717, 1.165) is 23.5 Å². The summed E-state index contributed by atoms with van der Waals surface area (Å²) in [6, 6.07) is 2.05. The molecule has 0 fully saturated rings. The Bertz CT molecular complexity index is 469. The first-order valence-electron chi connectivity index (χ1n) is 5.27. The molecular formula is C10H16N6. The average molecular weight is 220 g/mol. The number of rotatable bonds is 4. The van der Waals surface area contributed by atoms with Crippen LogP contribution in [0.5, 0.6) is 0 Å². The van der Waals surface area contributed by atoms with Crippen molar-refractivity contribution in [1.82, 2.24) is 24.8 Å². The Kier molecular flexibility index (Phi) is 3.00. The van der Waals surface area contributed by atoms with Gasteiger partial charge in [0.25, 0.3) is 0 Å². The molecule has 0 radical (unpaired) electrons. The van der Waals surface area contributed by atoms with Gasteiger partial charge in [0.05, 0.1) is 23.6 Å². The highest BCUT2D eigenvalue weighted by atomic mass is 15.4. The maximum atomic E-state index is 5.46. The van der Waals surface area contributed by atoms with Gasteiger partial charge < -0.3 is 5.73 Å². The van der Waals surface area contributed by atoms with Gasteiger partial charge in [-0.25, -0.2) is 4.68 Å². The van der Waals surface area contributed by atoms with Crippen LogP contribution in [-0.4, -0.2) is 31.3 Å². The summed E-state index contributed by atoms with van der Waals surface area (Å²) in [5.41, 5.74) is 8.52. The first kappa shape index (κ1) is 10.8. The monoisotopic (exact) mass is 220 g/mol. The molecule has 0 bridgehead atoms. The van der Waals surface area contributed by atoms with Crippen LogP contribution < -0.4 is 5.73 Å². The van der Waals surface area contributed by atoms with Crippen LogP contribution in [0.1, 0.15) is 17.1 Å². The number of nitrogens with two attached hydrogens (primary N) is 1. The van der Waals surface area contributed by atoms with E-state index in [4.69, 9.17) is 5.73 Å². The van der Waals surface area contributed by atoms with Gasteiger partial charge in [-0.2, -0.15) is 5.10 Å². The molecule has 0 aliphatic heterocycles. The van der Waals surface area contributed by atoms with E-state index >= 15 is 0 Å². The molecule has 2 aromatic heterocycles. The number of nitrogens with zero attached hydrogens (tertiary/aromatic N) is 5. The maximum Gasteiger partial charge on any atom is 0.0846 e. The predicted molar refractivity (Wildman–Crippen MR) is 59.8 cm³/mol. The number of aryl methyl sites for hydroxylation is 2. The molecule has 0 amide bonds. The van der Waals surface area contributed by atoms with Crippen LogP contribution in [0.2, 0.25) is 0 Å². The van der Waals surface area contributed by atoms with E-state index in [1.165, 1.54) is 0 Å². The lowest BCUT2D eigenvalue weighted by Crippen LogP contribution is -2.06. The smallest absolute Gasteiger partial charge is 0.0846 e. The molecule has 0 aliphatic carbocycles. The van der Waals surface area contributed by atoms with Crippen LogP contribution in [0, 0.1) is 6.92 Å². The second-order valence-corrected chi connectivity index (χ2v) is 3.85. The van der Waals surface area contributed by atoms with Crippen LogP contribution in [0.3, 0.4) is 0 Å². The lowest BCUT2D eigenvalue weighted by Gasteiger charge is -2.00. The van der Waals surface area contributed by atoms with E-state index in [9.17, 15) is 0 Å². The molecule has 0 saturated carbocycles. The maximum absolute atomic E-state index is 5.46. The van der Waals surface area contributed by atoms with Crippen molar-refractivity contribution in [2.24, 2.45) is 12.8 Å². The van der Waals surface area contributed by atoms with Gasteiger partial charge in [0.1, 0.15) is 0 Å². The molecule has 0 spiro atoms. The van der Waals surface area contributed by atoms with Gasteiger partial charge in [0.15, 0.2) is 0 Å². The average Bonchev–Trinajstić information content (AvgIpc) is 2.76. The molecule has 0 unspecified atom stereocenters. The second kappa shape index (κ2) is 4.44. The third kappa shape index (κ3) is 2.27. The van der Waals surface area contributed by atoms with Crippen molar-refractivity contribution in [1.29, 1.82) is 0 Å². The van der Waals surface area contributed by atoms with Gasteiger partial charge >= 0.3 is 0 Å². The minimum absolute atomic E-state index is 0.601. The third-order valence-electron chi connectivity index (χ3n) is 2.41. The molecule has 2 rings (SSSR count). The highest BCUT2D eigenvalue weighted by molar-refractivity contribution is 5.09. The summed E-state index contributed by atoms with van der Waals surface area (Å²) < 4.78 is 3.67. The van der Waals surface area contributed by atoms with E-state index in [-0.39, 0.29) is 0 Å².